The highest BCUT2D eigenvalue weighted by Gasteiger charge is 2.11. The van der Waals surface area contributed by atoms with Crippen molar-refractivity contribution in [1.82, 2.24) is 15.1 Å². The normalized spacial score (nSPS) is 10.2. The van der Waals surface area contributed by atoms with Gasteiger partial charge in [0.1, 0.15) is 11.4 Å². The smallest absolute Gasteiger partial charge is 0.227 e. The average molecular weight is 424 g/mol. The van der Waals surface area contributed by atoms with Gasteiger partial charge in [0.15, 0.2) is 0 Å². The molecule has 0 aliphatic heterocycles. The first-order valence-electron chi connectivity index (χ1n) is 9.99. The fourth-order valence-electron chi connectivity index (χ4n) is 2.91. The van der Waals surface area contributed by atoms with Gasteiger partial charge in [-0.2, -0.15) is 4.98 Å². The molecular formula is C25H20N4O3. The highest BCUT2D eigenvalue weighted by Crippen LogP contribution is 2.20. The van der Waals surface area contributed by atoms with Gasteiger partial charge in [-0.25, -0.2) is 4.98 Å². The molecule has 0 atom stereocenters. The lowest BCUT2D eigenvalue weighted by molar-refractivity contribution is -0.116. The number of hydrogen-bond donors (Lipinski definition) is 1. The fourth-order valence-corrected chi connectivity index (χ4v) is 2.91. The molecule has 4 aromatic rings. The zero-order valence-electron chi connectivity index (χ0n) is 17.4. The van der Waals surface area contributed by atoms with Gasteiger partial charge in [-0.05, 0) is 60.5 Å². The molecule has 0 radical (unpaired) electrons. The van der Waals surface area contributed by atoms with E-state index >= 15 is 0 Å². The number of carbonyl (C=O) groups is 1. The Kier molecular flexibility index (Phi) is 6.54. The first-order chi connectivity index (χ1) is 15.7. The van der Waals surface area contributed by atoms with Crippen molar-refractivity contribution in [3.63, 3.8) is 0 Å². The minimum Gasteiger partial charge on any atom is -0.497 e. The number of rotatable bonds is 6. The maximum atomic E-state index is 12.4. The van der Waals surface area contributed by atoms with Crippen LogP contribution in [0, 0.1) is 11.8 Å². The number of methoxy groups -OCH3 is 1. The fraction of sp³-hybridized carbons (Fsp3) is 0.120. The molecule has 158 valence electrons. The third kappa shape index (κ3) is 5.58. The lowest BCUT2D eigenvalue weighted by atomic mass is 10.2. The Labute approximate surface area is 185 Å². The van der Waals surface area contributed by atoms with Crippen LogP contribution in [0.3, 0.4) is 0 Å². The molecule has 0 spiro atoms. The second-order valence-electron chi connectivity index (χ2n) is 6.83. The van der Waals surface area contributed by atoms with Crippen LogP contribution in [0.2, 0.25) is 0 Å². The third-order valence-corrected chi connectivity index (χ3v) is 4.53. The molecule has 1 N–H and O–H groups in total. The number of benzene rings is 2. The van der Waals surface area contributed by atoms with Crippen molar-refractivity contribution in [2.75, 3.05) is 12.4 Å². The zero-order chi connectivity index (χ0) is 22.2. The molecule has 0 saturated carbocycles. The zero-order valence-corrected chi connectivity index (χ0v) is 17.4. The van der Waals surface area contributed by atoms with E-state index in [1.165, 1.54) is 0 Å². The first kappa shape index (κ1) is 20.8. The molecule has 1 amide bonds. The van der Waals surface area contributed by atoms with Crippen LogP contribution in [0.4, 0.5) is 5.69 Å². The molecule has 0 saturated heterocycles. The van der Waals surface area contributed by atoms with Gasteiger partial charge in [-0.3, -0.25) is 4.79 Å². The van der Waals surface area contributed by atoms with Gasteiger partial charge in [0.2, 0.25) is 17.6 Å². The Balaban J connectivity index is 1.32. The van der Waals surface area contributed by atoms with E-state index in [4.69, 9.17) is 9.26 Å². The Morgan fingerprint density at radius 3 is 2.72 bits per heavy atom. The molecule has 2 heterocycles. The topological polar surface area (TPSA) is 90.1 Å². The monoisotopic (exact) mass is 424 g/mol. The van der Waals surface area contributed by atoms with Gasteiger partial charge in [0.25, 0.3) is 0 Å². The average Bonchev–Trinajstić information content (AvgIpc) is 3.32. The van der Waals surface area contributed by atoms with E-state index in [2.05, 4.69) is 32.3 Å². The summed E-state index contributed by atoms with van der Waals surface area (Å²) in [6.45, 7) is 0. The highest BCUT2D eigenvalue weighted by atomic mass is 16.5. The molecule has 2 aromatic heterocycles. The van der Waals surface area contributed by atoms with Crippen molar-refractivity contribution < 1.29 is 14.1 Å². The highest BCUT2D eigenvalue weighted by molar-refractivity contribution is 5.90. The SMILES string of the molecule is COc1ccc(-c2noc(CCC(=O)Nc3cccc(C#Cc4ccccn4)c3)n2)cc1. The summed E-state index contributed by atoms with van der Waals surface area (Å²) in [7, 11) is 1.61. The Bertz CT molecular complexity index is 1260. The predicted molar refractivity (Wildman–Crippen MR) is 120 cm³/mol. The molecule has 0 fully saturated rings. The molecule has 0 unspecified atom stereocenters. The molecule has 7 heteroatoms. The number of hydrogen-bond acceptors (Lipinski definition) is 6. The number of nitrogens with zero attached hydrogens (tertiary/aromatic N) is 3. The van der Waals surface area contributed by atoms with Gasteiger partial charge in [0.05, 0.1) is 7.11 Å². The van der Waals surface area contributed by atoms with Crippen molar-refractivity contribution in [3.05, 3.63) is 90.1 Å². The lowest BCUT2D eigenvalue weighted by Gasteiger charge is -2.04. The quantitative estimate of drug-likeness (QED) is 0.469. The van der Waals surface area contributed by atoms with Crippen LogP contribution in [0.1, 0.15) is 23.6 Å². The van der Waals surface area contributed by atoms with Crippen molar-refractivity contribution >= 4 is 11.6 Å². The number of aryl methyl sites for hydroxylation is 1. The molecule has 2 aromatic carbocycles. The van der Waals surface area contributed by atoms with E-state index in [0.29, 0.717) is 29.5 Å². The number of pyridine rings is 1. The molecule has 0 aliphatic rings. The molecular weight excluding hydrogens is 404 g/mol. The number of anilines is 1. The van der Waals surface area contributed by atoms with Gasteiger partial charge in [0, 0.05) is 35.9 Å². The summed E-state index contributed by atoms with van der Waals surface area (Å²) in [5, 5.41) is 6.86. The standard InChI is InChI=1S/C25H20N4O3/c1-31-22-12-9-19(10-13-22)25-28-24(32-29-25)15-14-23(30)27-21-7-4-5-18(17-21)8-11-20-6-2-3-16-26-20/h2-7,9-10,12-13,16-17H,14-15H2,1H3,(H,27,30). The van der Waals surface area contributed by atoms with Gasteiger partial charge in [-0.1, -0.05) is 23.2 Å². The van der Waals surface area contributed by atoms with E-state index in [1.807, 2.05) is 66.7 Å². The second kappa shape index (κ2) is 10.0. The van der Waals surface area contributed by atoms with Crippen LogP contribution >= 0.6 is 0 Å². The summed E-state index contributed by atoms with van der Waals surface area (Å²) in [6.07, 6.45) is 2.26. The number of aromatic nitrogens is 3. The number of nitrogens with one attached hydrogen (secondary N) is 1. The van der Waals surface area contributed by atoms with Crippen LogP contribution in [-0.4, -0.2) is 28.1 Å². The Morgan fingerprint density at radius 1 is 1.06 bits per heavy atom. The largest absolute Gasteiger partial charge is 0.497 e. The number of ether oxygens (including phenoxy) is 1. The van der Waals surface area contributed by atoms with Crippen LogP contribution < -0.4 is 10.1 Å². The Hall–Kier alpha value is -4.44. The molecule has 4 rings (SSSR count). The van der Waals surface area contributed by atoms with Crippen molar-refractivity contribution in [3.8, 4) is 29.0 Å². The van der Waals surface area contributed by atoms with Gasteiger partial charge < -0.3 is 14.6 Å². The predicted octanol–water partition coefficient (Wildman–Crippen LogP) is 4.11. The van der Waals surface area contributed by atoms with Crippen molar-refractivity contribution in [1.29, 1.82) is 0 Å². The van der Waals surface area contributed by atoms with E-state index in [0.717, 1.165) is 16.9 Å². The first-order valence-corrected chi connectivity index (χ1v) is 9.99. The van der Waals surface area contributed by atoms with Gasteiger partial charge in [-0.15, -0.1) is 0 Å². The third-order valence-electron chi connectivity index (χ3n) is 4.53. The second-order valence-corrected chi connectivity index (χ2v) is 6.83. The van der Waals surface area contributed by atoms with Crippen LogP contribution in [0.15, 0.2) is 77.4 Å². The molecule has 7 nitrogen and oxygen atoms in total. The summed E-state index contributed by atoms with van der Waals surface area (Å²) in [5.41, 5.74) is 2.96. The molecule has 32 heavy (non-hydrogen) atoms. The van der Waals surface area contributed by atoms with E-state index in [9.17, 15) is 4.79 Å². The number of amides is 1. The summed E-state index contributed by atoms with van der Waals surface area (Å²) >= 11 is 0. The van der Waals surface area contributed by atoms with Crippen molar-refractivity contribution in [2.45, 2.75) is 12.8 Å². The van der Waals surface area contributed by atoms with E-state index in [-0.39, 0.29) is 12.3 Å². The minimum absolute atomic E-state index is 0.149. The van der Waals surface area contributed by atoms with Gasteiger partial charge >= 0.3 is 0 Å². The Morgan fingerprint density at radius 2 is 1.94 bits per heavy atom. The summed E-state index contributed by atoms with van der Waals surface area (Å²) in [5.74, 6) is 7.53. The van der Waals surface area contributed by atoms with E-state index in [1.54, 1.807) is 13.3 Å². The van der Waals surface area contributed by atoms with Crippen molar-refractivity contribution in [2.24, 2.45) is 0 Å². The van der Waals surface area contributed by atoms with Crippen LogP contribution in [0.5, 0.6) is 5.75 Å². The molecule has 0 bridgehead atoms. The summed E-state index contributed by atoms with van der Waals surface area (Å²) < 4.78 is 10.4. The van der Waals surface area contributed by atoms with E-state index < -0.39 is 0 Å². The summed E-state index contributed by atoms with van der Waals surface area (Å²) in [4.78, 5) is 20.9. The molecule has 0 aliphatic carbocycles. The lowest BCUT2D eigenvalue weighted by Crippen LogP contribution is -2.12. The maximum Gasteiger partial charge on any atom is 0.227 e. The minimum atomic E-state index is -0.149. The summed E-state index contributed by atoms with van der Waals surface area (Å²) in [6, 6.07) is 20.3. The maximum absolute atomic E-state index is 12.4. The van der Waals surface area contributed by atoms with Crippen LogP contribution in [-0.2, 0) is 11.2 Å². The van der Waals surface area contributed by atoms with Crippen LogP contribution in [0.25, 0.3) is 11.4 Å². The number of carbonyl (C=O) groups excluding carboxylic acids is 1.